The molecule has 2 fully saturated rings. The first-order chi connectivity index (χ1) is 12.7. The maximum atomic E-state index is 13.5. The predicted octanol–water partition coefficient (Wildman–Crippen LogP) is 2.58. The fourth-order valence-electron chi connectivity index (χ4n) is 4.09. The second-order valence-electron chi connectivity index (χ2n) is 7.39. The number of methoxy groups -OCH3 is 1. The molecule has 0 spiro atoms. The van der Waals surface area contributed by atoms with E-state index in [0.717, 1.165) is 25.7 Å². The van der Waals surface area contributed by atoms with Gasteiger partial charge in [0.2, 0.25) is 20.0 Å². The molecule has 9 heteroatoms. The standard InChI is InChI=1S/C18H28N2O5S2/c1-14-7-6-8-15(2)20(14)27(23,24)18-13-16(9-10-17(18)25-3)19-11-4-5-12-26(19,21)22/h9-10,13-15H,4-8,11-12H2,1-3H3/t14-,15+. The van der Waals surface area contributed by atoms with Crippen molar-refractivity contribution in [3.63, 3.8) is 0 Å². The zero-order valence-electron chi connectivity index (χ0n) is 16.1. The molecule has 2 aliphatic heterocycles. The Labute approximate surface area is 162 Å². The highest BCUT2D eigenvalue weighted by molar-refractivity contribution is 7.92. The molecular formula is C18H28N2O5S2. The van der Waals surface area contributed by atoms with Gasteiger partial charge in [0.15, 0.2) is 0 Å². The molecule has 1 aromatic rings. The van der Waals surface area contributed by atoms with Crippen molar-refractivity contribution in [3.05, 3.63) is 18.2 Å². The van der Waals surface area contributed by atoms with Crippen LogP contribution >= 0.6 is 0 Å². The lowest BCUT2D eigenvalue weighted by atomic mass is 10.0. The molecule has 0 aliphatic carbocycles. The Balaban J connectivity index is 2.08. The second kappa shape index (κ2) is 7.60. The van der Waals surface area contributed by atoms with E-state index in [4.69, 9.17) is 4.74 Å². The molecule has 0 radical (unpaired) electrons. The highest BCUT2D eigenvalue weighted by Gasteiger charge is 2.38. The van der Waals surface area contributed by atoms with Crippen molar-refractivity contribution >= 4 is 25.7 Å². The Morgan fingerprint density at radius 1 is 1.07 bits per heavy atom. The Morgan fingerprint density at radius 3 is 2.33 bits per heavy atom. The van der Waals surface area contributed by atoms with Gasteiger partial charge in [-0.25, -0.2) is 16.8 Å². The van der Waals surface area contributed by atoms with Crippen LogP contribution in [0.5, 0.6) is 5.75 Å². The average Bonchev–Trinajstić information content (AvgIpc) is 2.60. The van der Waals surface area contributed by atoms with Gasteiger partial charge in [-0.3, -0.25) is 4.31 Å². The third-order valence-electron chi connectivity index (χ3n) is 5.45. The largest absolute Gasteiger partial charge is 0.495 e. The van der Waals surface area contributed by atoms with Crippen molar-refractivity contribution < 1.29 is 21.6 Å². The SMILES string of the molecule is COc1ccc(N2CCCCS2(=O)=O)cc1S(=O)(=O)N1[C@H](C)CCC[C@@H]1C. The van der Waals surface area contributed by atoms with Crippen LogP contribution in [0.3, 0.4) is 0 Å². The molecule has 2 saturated heterocycles. The Bertz CT molecular complexity index is 888. The topological polar surface area (TPSA) is 84.0 Å². The molecule has 0 unspecified atom stereocenters. The van der Waals surface area contributed by atoms with Crippen LogP contribution < -0.4 is 9.04 Å². The third-order valence-corrected chi connectivity index (χ3v) is 9.47. The number of benzene rings is 1. The Kier molecular flexibility index (Phi) is 5.74. The molecule has 0 saturated carbocycles. The quantitative estimate of drug-likeness (QED) is 0.753. The summed E-state index contributed by atoms with van der Waals surface area (Å²) in [4.78, 5) is 0.0314. The number of hydrogen-bond donors (Lipinski definition) is 0. The molecule has 2 heterocycles. The molecule has 2 atom stereocenters. The third kappa shape index (κ3) is 3.82. The first-order valence-electron chi connectivity index (χ1n) is 9.40. The van der Waals surface area contributed by atoms with Crippen LogP contribution in [0.25, 0.3) is 0 Å². The fourth-order valence-corrected chi connectivity index (χ4v) is 7.78. The monoisotopic (exact) mass is 416 g/mol. The summed E-state index contributed by atoms with van der Waals surface area (Å²) in [6.45, 7) is 4.20. The lowest BCUT2D eigenvalue weighted by molar-refractivity contribution is 0.203. The summed E-state index contributed by atoms with van der Waals surface area (Å²) in [6.07, 6.45) is 4.01. The van der Waals surface area contributed by atoms with E-state index >= 15 is 0 Å². The van der Waals surface area contributed by atoms with Crippen LogP contribution in [0.2, 0.25) is 0 Å². The van der Waals surface area contributed by atoms with Crippen LogP contribution in [-0.2, 0) is 20.0 Å². The second-order valence-corrected chi connectivity index (χ2v) is 11.2. The minimum absolute atomic E-state index is 0.0314. The molecule has 7 nitrogen and oxygen atoms in total. The molecule has 2 aliphatic rings. The lowest BCUT2D eigenvalue weighted by Crippen LogP contribution is -2.47. The van der Waals surface area contributed by atoms with Crippen LogP contribution in [0, 0.1) is 0 Å². The van der Waals surface area contributed by atoms with Gasteiger partial charge < -0.3 is 4.74 Å². The zero-order valence-corrected chi connectivity index (χ0v) is 17.7. The molecule has 0 N–H and O–H groups in total. The smallest absolute Gasteiger partial charge is 0.247 e. The summed E-state index contributed by atoms with van der Waals surface area (Å²) >= 11 is 0. The predicted molar refractivity (Wildman–Crippen MR) is 105 cm³/mol. The molecule has 1 aromatic carbocycles. The van der Waals surface area contributed by atoms with Crippen molar-refractivity contribution in [1.29, 1.82) is 0 Å². The van der Waals surface area contributed by atoms with E-state index in [1.54, 1.807) is 16.4 Å². The summed E-state index contributed by atoms with van der Waals surface area (Å²) in [5, 5.41) is 0. The van der Waals surface area contributed by atoms with Gasteiger partial charge in [-0.15, -0.1) is 0 Å². The van der Waals surface area contributed by atoms with Crippen molar-refractivity contribution in [2.75, 3.05) is 23.7 Å². The molecule has 152 valence electrons. The number of sulfonamides is 2. The fraction of sp³-hybridized carbons (Fsp3) is 0.667. The van der Waals surface area contributed by atoms with E-state index in [-0.39, 0.29) is 28.5 Å². The van der Waals surface area contributed by atoms with E-state index in [1.807, 2.05) is 13.8 Å². The minimum Gasteiger partial charge on any atom is -0.495 e. The molecule has 0 aromatic heterocycles. The van der Waals surface area contributed by atoms with Gasteiger partial charge in [-0.05, 0) is 57.7 Å². The average molecular weight is 417 g/mol. The van der Waals surface area contributed by atoms with E-state index in [9.17, 15) is 16.8 Å². The van der Waals surface area contributed by atoms with Gasteiger partial charge >= 0.3 is 0 Å². The first kappa shape index (κ1) is 20.4. The van der Waals surface area contributed by atoms with Crippen LogP contribution in [-0.4, -0.2) is 52.6 Å². The van der Waals surface area contributed by atoms with E-state index in [2.05, 4.69) is 0 Å². The van der Waals surface area contributed by atoms with E-state index in [1.165, 1.54) is 17.5 Å². The van der Waals surface area contributed by atoms with Gasteiger partial charge in [0, 0.05) is 18.6 Å². The normalized spacial score (nSPS) is 26.7. The maximum Gasteiger partial charge on any atom is 0.247 e. The summed E-state index contributed by atoms with van der Waals surface area (Å²) in [5.74, 6) is 0.319. The van der Waals surface area contributed by atoms with Gasteiger partial charge in [-0.2, -0.15) is 4.31 Å². The molecule has 27 heavy (non-hydrogen) atoms. The number of nitrogens with zero attached hydrogens (tertiary/aromatic N) is 2. The number of anilines is 1. The number of rotatable bonds is 4. The zero-order chi connectivity index (χ0) is 19.8. The van der Waals surface area contributed by atoms with Crippen molar-refractivity contribution in [2.45, 2.75) is 62.9 Å². The number of piperidine rings is 1. The summed E-state index contributed by atoms with van der Waals surface area (Å²) in [5.41, 5.74) is 0.381. The van der Waals surface area contributed by atoms with Gasteiger partial charge in [-0.1, -0.05) is 6.42 Å². The summed E-state index contributed by atoms with van der Waals surface area (Å²) in [6, 6.07) is 4.40. The number of ether oxygens (including phenoxy) is 1. The minimum atomic E-state index is -3.81. The Hall–Kier alpha value is -1.32. The van der Waals surface area contributed by atoms with Crippen molar-refractivity contribution in [2.24, 2.45) is 0 Å². The van der Waals surface area contributed by atoms with E-state index in [0.29, 0.717) is 18.7 Å². The van der Waals surface area contributed by atoms with Crippen LogP contribution in [0.15, 0.2) is 23.1 Å². The number of hydrogen-bond acceptors (Lipinski definition) is 5. The maximum absolute atomic E-state index is 13.5. The van der Waals surface area contributed by atoms with Crippen LogP contribution in [0.1, 0.15) is 46.0 Å². The molecule has 0 bridgehead atoms. The van der Waals surface area contributed by atoms with Gasteiger partial charge in [0.05, 0.1) is 18.6 Å². The summed E-state index contributed by atoms with van der Waals surface area (Å²) in [7, 11) is -5.81. The van der Waals surface area contributed by atoms with Crippen molar-refractivity contribution in [1.82, 2.24) is 4.31 Å². The molecule has 0 amide bonds. The van der Waals surface area contributed by atoms with E-state index < -0.39 is 20.0 Å². The highest BCUT2D eigenvalue weighted by atomic mass is 32.2. The highest BCUT2D eigenvalue weighted by Crippen LogP contribution is 2.36. The molecular weight excluding hydrogens is 388 g/mol. The van der Waals surface area contributed by atoms with Gasteiger partial charge in [0.25, 0.3) is 0 Å². The van der Waals surface area contributed by atoms with Crippen LogP contribution in [0.4, 0.5) is 5.69 Å². The summed E-state index contributed by atoms with van der Waals surface area (Å²) < 4.78 is 60.0. The van der Waals surface area contributed by atoms with Crippen molar-refractivity contribution in [3.8, 4) is 5.75 Å². The lowest BCUT2D eigenvalue weighted by Gasteiger charge is -2.38. The van der Waals surface area contributed by atoms with Gasteiger partial charge in [0.1, 0.15) is 10.6 Å². The first-order valence-corrected chi connectivity index (χ1v) is 12.5. The Morgan fingerprint density at radius 2 is 1.74 bits per heavy atom. The molecule has 3 rings (SSSR count).